The third kappa shape index (κ3) is 2.52. The Morgan fingerprint density at radius 3 is 2.56 bits per heavy atom. The van der Waals surface area contributed by atoms with Gasteiger partial charge in [0.25, 0.3) is 0 Å². The van der Waals surface area contributed by atoms with Gasteiger partial charge in [0.05, 0.1) is 0 Å². The van der Waals surface area contributed by atoms with Gasteiger partial charge < -0.3 is 10.5 Å². The zero-order valence-corrected chi connectivity index (χ0v) is 10.1. The Morgan fingerprint density at radius 2 is 1.89 bits per heavy atom. The van der Waals surface area contributed by atoms with Gasteiger partial charge in [-0.1, -0.05) is 6.92 Å². The predicted octanol–water partition coefficient (Wildman–Crippen LogP) is 2.78. The lowest BCUT2D eigenvalue weighted by Crippen LogP contribution is -2.34. The Bertz CT molecular complexity index is 438. The van der Waals surface area contributed by atoms with Gasteiger partial charge in [-0.25, -0.2) is 13.2 Å². The van der Waals surface area contributed by atoms with Crippen molar-refractivity contribution in [3.05, 3.63) is 35.1 Å². The van der Waals surface area contributed by atoms with Crippen molar-refractivity contribution in [2.24, 2.45) is 17.6 Å². The molecule has 0 aromatic heterocycles. The summed E-state index contributed by atoms with van der Waals surface area (Å²) in [5, 5.41) is 0. The van der Waals surface area contributed by atoms with E-state index in [1.54, 1.807) is 0 Å². The highest BCUT2D eigenvalue weighted by Crippen LogP contribution is 2.33. The van der Waals surface area contributed by atoms with Gasteiger partial charge in [0.15, 0.2) is 11.6 Å². The van der Waals surface area contributed by atoms with Gasteiger partial charge in [-0.05, 0) is 24.3 Å². The molecule has 1 aromatic carbocycles. The van der Waals surface area contributed by atoms with Gasteiger partial charge in [0.1, 0.15) is 5.82 Å². The molecule has 2 N–H and O–H groups in total. The normalized spacial score (nSPS) is 26.1. The Balaban J connectivity index is 2.27. The molecule has 18 heavy (non-hydrogen) atoms. The van der Waals surface area contributed by atoms with Crippen molar-refractivity contribution in [2.75, 3.05) is 13.2 Å². The van der Waals surface area contributed by atoms with Crippen LogP contribution in [-0.2, 0) is 4.74 Å². The molecule has 0 bridgehead atoms. The molecular weight excluding hydrogens is 243 g/mol. The topological polar surface area (TPSA) is 35.2 Å². The maximum Gasteiger partial charge on any atom is 0.161 e. The summed E-state index contributed by atoms with van der Waals surface area (Å²) in [7, 11) is 0. The highest BCUT2D eigenvalue weighted by Gasteiger charge is 2.30. The van der Waals surface area contributed by atoms with Crippen LogP contribution in [0, 0.1) is 29.3 Å². The van der Waals surface area contributed by atoms with E-state index in [1.807, 2.05) is 6.92 Å². The largest absolute Gasteiger partial charge is 0.381 e. The van der Waals surface area contributed by atoms with Crippen molar-refractivity contribution in [1.82, 2.24) is 0 Å². The van der Waals surface area contributed by atoms with E-state index in [0.29, 0.717) is 25.7 Å². The molecule has 1 aromatic rings. The van der Waals surface area contributed by atoms with Crippen LogP contribution in [0.25, 0.3) is 0 Å². The second-order valence-corrected chi connectivity index (χ2v) is 4.82. The molecule has 1 aliphatic rings. The lowest BCUT2D eigenvalue weighted by Gasteiger charge is -2.33. The molecule has 2 nitrogen and oxygen atoms in total. The maximum atomic E-state index is 13.6. The number of benzene rings is 1. The Kier molecular flexibility index (Phi) is 3.92. The van der Waals surface area contributed by atoms with Gasteiger partial charge in [0, 0.05) is 30.9 Å². The fourth-order valence-electron chi connectivity index (χ4n) is 2.45. The molecule has 0 aliphatic carbocycles. The SMILES string of the molecule is CC1COCCC1C(N)c1cc(F)c(F)cc1F. The zero-order valence-electron chi connectivity index (χ0n) is 10.1. The molecule has 2 rings (SSSR count). The first-order chi connectivity index (χ1) is 8.50. The van der Waals surface area contributed by atoms with Crippen molar-refractivity contribution in [2.45, 2.75) is 19.4 Å². The first-order valence-corrected chi connectivity index (χ1v) is 5.98. The number of ether oxygens (including phenoxy) is 1. The minimum Gasteiger partial charge on any atom is -0.381 e. The monoisotopic (exact) mass is 259 g/mol. The van der Waals surface area contributed by atoms with Gasteiger partial charge in [-0.3, -0.25) is 0 Å². The first-order valence-electron chi connectivity index (χ1n) is 5.98. The molecule has 3 atom stereocenters. The molecule has 5 heteroatoms. The smallest absolute Gasteiger partial charge is 0.161 e. The predicted molar refractivity (Wildman–Crippen MR) is 61.3 cm³/mol. The van der Waals surface area contributed by atoms with Crippen molar-refractivity contribution in [3.8, 4) is 0 Å². The van der Waals surface area contributed by atoms with Crippen LogP contribution in [0.2, 0.25) is 0 Å². The molecule has 1 fully saturated rings. The number of halogens is 3. The van der Waals surface area contributed by atoms with E-state index < -0.39 is 23.5 Å². The number of nitrogens with two attached hydrogens (primary N) is 1. The second-order valence-electron chi connectivity index (χ2n) is 4.82. The molecule has 3 unspecified atom stereocenters. The second kappa shape index (κ2) is 5.28. The van der Waals surface area contributed by atoms with Gasteiger partial charge in [-0.15, -0.1) is 0 Å². The van der Waals surface area contributed by atoms with Crippen molar-refractivity contribution in [3.63, 3.8) is 0 Å². The van der Waals surface area contributed by atoms with Crippen LogP contribution >= 0.6 is 0 Å². The zero-order chi connectivity index (χ0) is 13.3. The minimum atomic E-state index is -1.19. The van der Waals surface area contributed by atoms with Gasteiger partial charge >= 0.3 is 0 Å². The summed E-state index contributed by atoms with van der Waals surface area (Å²) in [6.45, 7) is 3.08. The quantitative estimate of drug-likeness (QED) is 0.829. The summed E-state index contributed by atoms with van der Waals surface area (Å²) in [6.07, 6.45) is 0.695. The average Bonchev–Trinajstić information content (AvgIpc) is 2.33. The van der Waals surface area contributed by atoms with Gasteiger partial charge in [-0.2, -0.15) is 0 Å². The van der Waals surface area contributed by atoms with E-state index in [1.165, 1.54) is 0 Å². The van der Waals surface area contributed by atoms with E-state index in [9.17, 15) is 13.2 Å². The van der Waals surface area contributed by atoms with E-state index in [2.05, 4.69) is 0 Å². The molecule has 0 spiro atoms. The standard InChI is InChI=1S/C13H16F3NO/c1-7-6-18-3-2-8(7)13(17)9-4-11(15)12(16)5-10(9)14/h4-5,7-8,13H,2-3,6,17H2,1H3. The number of hydrogen-bond acceptors (Lipinski definition) is 2. The minimum absolute atomic E-state index is 0.0121. The lowest BCUT2D eigenvalue weighted by atomic mass is 9.81. The van der Waals surface area contributed by atoms with Crippen LogP contribution in [0.5, 0.6) is 0 Å². The van der Waals surface area contributed by atoms with Crippen LogP contribution in [-0.4, -0.2) is 13.2 Å². The fourth-order valence-corrected chi connectivity index (χ4v) is 2.45. The summed E-state index contributed by atoms with van der Waals surface area (Å²) in [4.78, 5) is 0. The average molecular weight is 259 g/mol. The van der Waals surface area contributed by atoms with Gasteiger partial charge in [0.2, 0.25) is 0 Å². The summed E-state index contributed by atoms with van der Waals surface area (Å²) < 4.78 is 45.0. The summed E-state index contributed by atoms with van der Waals surface area (Å²) in [5.74, 6) is -2.87. The van der Waals surface area contributed by atoms with Crippen LogP contribution in [0.3, 0.4) is 0 Å². The fraction of sp³-hybridized carbons (Fsp3) is 0.538. The summed E-state index contributed by atoms with van der Waals surface area (Å²) in [6, 6.07) is 0.769. The molecule has 1 heterocycles. The van der Waals surface area contributed by atoms with Crippen molar-refractivity contribution in [1.29, 1.82) is 0 Å². The maximum absolute atomic E-state index is 13.6. The Labute approximate surface area is 104 Å². The highest BCUT2D eigenvalue weighted by molar-refractivity contribution is 5.24. The van der Waals surface area contributed by atoms with E-state index in [4.69, 9.17) is 10.5 Å². The Hall–Kier alpha value is -1.07. The molecule has 0 saturated carbocycles. The molecule has 0 radical (unpaired) electrons. The van der Waals surface area contributed by atoms with E-state index in [-0.39, 0.29) is 17.4 Å². The number of rotatable bonds is 2. The first kappa shape index (κ1) is 13.4. The summed E-state index contributed by atoms with van der Waals surface area (Å²) >= 11 is 0. The van der Waals surface area contributed by atoms with Crippen LogP contribution in [0.15, 0.2) is 12.1 Å². The van der Waals surface area contributed by atoms with Crippen LogP contribution in [0.1, 0.15) is 24.9 Å². The molecule has 1 saturated heterocycles. The highest BCUT2D eigenvalue weighted by atomic mass is 19.2. The van der Waals surface area contributed by atoms with E-state index >= 15 is 0 Å². The van der Waals surface area contributed by atoms with E-state index in [0.717, 1.165) is 6.07 Å². The molecule has 1 aliphatic heterocycles. The Morgan fingerprint density at radius 1 is 1.22 bits per heavy atom. The van der Waals surface area contributed by atoms with Crippen LogP contribution < -0.4 is 5.73 Å². The van der Waals surface area contributed by atoms with Crippen molar-refractivity contribution < 1.29 is 17.9 Å². The molecular formula is C13H16F3NO. The van der Waals surface area contributed by atoms with Crippen molar-refractivity contribution >= 4 is 0 Å². The molecule has 0 amide bonds. The lowest BCUT2D eigenvalue weighted by molar-refractivity contribution is 0.0150. The third-order valence-corrected chi connectivity index (χ3v) is 3.57. The molecule has 100 valence electrons. The third-order valence-electron chi connectivity index (χ3n) is 3.57. The van der Waals surface area contributed by atoms with Crippen LogP contribution in [0.4, 0.5) is 13.2 Å². The summed E-state index contributed by atoms with van der Waals surface area (Å²) in [5.41, 5.74) is 6.03. The number of hydrogen-bond donors (Lipinski definition) is 1.